The lowest BCUT2D eigenvalue weighted by atomic mass is 10.0. The molecular formula is C14H15NO8S2. The zero-order valence-electron chi connectivity index (χ0n) is 13.4. The van der Waals surface area contributed by atoms with Crippen LogP contribution in [0.25, 0.3) is 10.8 Å². The van der Waals surface area contributed by atoms with Crippen LogP contribution >= 0.6 is 12.0 Å². The summed E-state index contributed by atoms with van der Waals surface area (Å²) in [6.07, 6.45) is 0. The van der Waals surface area contributed by atoms with E-state index in [1.807, 2.05) is 0 Å². The Morgan fingerprint density at radius 3 is 2.48 bits per heavy atom. The van der Waals surface area contributed by atoms with Crippen LogP contribution < -0.4 is 10.1 Å². The van der Waals surface area contributed by atoms with Gasteiger partial charge in [-0.25, -0.2) is 5.26 Å². The minimum Gasteiger partial charge on any atom is -0.496 e. The van der Waals surface area contributed by atoms with Crippen LogP contribution in [0.1, 0.15) is 12.5 Å². The zero-order chi connectivity index (χ0) is 18.8. The van der Waals surface area contributed by atoms with Crippen molar-refractivity contribution in [3.8, 4) is 5.75 Å². The van der Waals surface area contributed by atoms with Gasteiger partial charge in [0.1, 0.15) is 5.75 Å². The van der Waals surface area contributed by atoms with Crippen LogP contribution in [0.2, 0.25) is 0 Å². The molecule has 25 heavy (non-hydrogen) atoms. The average Bonchev–Trinajstić information content (AvgIpc) is 2.51. The molecule has 0 heterocycles. The predicted molar refractivity (Wildman–Crippen MR) is 90.0 cm³/mol. The van der Waals surface area contributed by atoms with Gasteiger partial charge in [0.15, 0.2) is 0 Å². The number of hydrogen-bond acceptors (Lipinski definition) is 8. The first-order chi connectivity index (χ1) is 11.7. The van der Waals surface area contributed by atoms with Crippen LogP contribution in [0.15, 0.2) is 28.0 Å². The molecule has 0 atom stereocenters. The summed E-state index contributed by atoms with van der Waals surface area (Å²) in [7, 11) is -3.10. The van der Waals surface area contributed by atoms with E-state index < -0.39 is 20.9 Å². The van der Waals surface area contributed by atoms with Crippen LogP contribution in [-0.4, -0.2) is 31.2 Å². The maximum Gasteiger partial charge on any atom is 0.294 e. The number of ether oxygens (including phenoxy) is 1. The highest BCUT2D eigenvalue weighted by atomic mass is 32.2. The Kier molecular flexibility index (Phi) is 5.87. The van der Waals surface area contributed by atoms with E-state index in [2.05, 4.69) is 14.7 Å². The van der Waals surface area contributed by atoms with E-state index in [-0.39, 0.29) is 5.69 Å². The molecular weight excluding hydrogens is 374 g/mol. The van der Waals surface area contributed by atoms with Crippen molar-refractivity contribution in [1.29, 1.82) is 0 Å². The average molecular weight is 389 g/mol. The fraction of sp³-hybridized carbons (Fsp3) is 0.214. The number of rotatable bonds is 6. The van der Waals surface area contributed by atoms with Crippen LogP contribution in [0.3, 0.4) is 0 Å². The number of nitrogens with one attached hydrogen (secondary N) is 1. The van der Waals surface area contributed by atoms with Crippen molar-refractivity contribution in [2.24, 2.45) is 0 Å². The van der Waals surface area contributed by atoms with Crippen molar-refractivity contribution in [2.75, 3.05) is 12.4 Å². The fourth-order valence-corrected chi connectivity index (χ4v) is 3.42. The molecule has 11 heteroatoms. The summed E-state index contributed by atoms with van der Waals surface area (Å²) in [6.45, 7) is 2.97. The Morgan fingerprint density at radius 1 is 1.28 bits per heavy atom. The third kappa shape index (κ3) is 4.21. The summed E-state index contributed by atoms with van der Waals surface area (Å²) in [6, 6.07) is 3.90. The van der Waals surface area contributed by atoms with Gasteiger partial charge in [-0.1, -0.05) is 5.04 Å². The Morgan fingerprint density at radius 2 is 1.96 bits per heavy atom. The summed E-state index contributed by atoms with van der Waals surface area (Å²) in [4.78, 5) is 11.5. The lowest BCUT2D eigenvalue weighted by Gasteiger charge is -2.17. The van der Waals surface area contributed by atoms with Gasteiger partial charge >= 0.3 is 0 Å². The number of carbonyl (C=O) groups excluding carboxylic acids is 1. The van der Waals surface area contributed by atoms with E-state index >= 15 is 0 Å². The number of anilines is 1. The number of methoxy groups -OCH3 is 1. The quantitative estimate of drug-likeness (QED) is 0.295. The van der Waals surface area contributed by atoms with Gasteiger partial charge in [-0.3, -0.25) is 9.35 Å². The van der Waals surface area contributed by atoms with E-state index in [4.69, 9.17) is 9.99 Å². The molecule has 0 saturated carbocycles. The smallest absolute Gasteiger partial charge is 0.294 e. The molecule has 1 amide bonds. The molecule has 2 rings (SSSR count). The molecule has 0 radical (unpaired) electrons. The highest BCUT2D eigenvalue weighted by Crippen LogP contribution is 2.42. The van der Waals surface area contributed by atoms with Gasteiger partial charge in [-0.2, -0.15) is 8.42 Å². The zero-order valence-corrected chi connectivity index (χ0v) is 15.0. The van der Waals surface area contributed by atoms with Crippen molar-refractivity contribution in [1.82, 2.24) is 0 Å². The largest absolute Gasteiger partial charge is 0.496 e. The van der Waals surface area contributed by atoms with Gasteiger partial charge in [0.05, 0.1) is 29.7 Å². The standard InChI is InChI=1S/C14H15NO8S2/c1-7-12(24-23-22-17)5-9-4-10(25(18,19)20)6-11(15-8(2)16)13(9)14(7)21-3/h4-6,17H,1-3H3,(H,15,16)(H,18,19,20). The molecule has 0 bridgehead atoms. The van der Waals surface area contributed by atoms with Crippen molar-refractivity contribution in [2.45, 2.75) is 23.6 Å². The molecule has 0 aliphatic heterocycles. The minimum atomic E-state index is -4.51. The molecule has 0 aliphatic carbocycles. The maximum atomic E-state index is 11.5. The maximum absolute atomic E-state index is 11.5. The summed E-state index contributed by atoms with van der Waals surface area (Å²) in [5, 5.41) is 15.2. The fourth-order valence-electron chi connectivity index (χ4n) is 2.38. The minimum absolute atomic E-state index is 0.161. The third-order valence-electron chi connectivity index (χ3n) is 3.33. The lowest BCUT2D eigenvalue weighted by molar-refractivity contribution is -0.432. The first kappa shape index (κ1) is 19.4. The van der Waals surface area contributed by atoms with E-state index in [0.29, 0.717) is 39.0 Å². The molecule has 9 nitrogen and oxygen atoms in total. The van der Waals surface area contributed by atoms with E-state index in [1.54, 1.807) is 6.92 Å². The van der Waals surface area contributed by atoms with Crippen molar-refractivity contribution < 1.29 is 37.1 Å². The summed E-state index contributed by atoms with van der Waals surface area (Å²) in [5.74, 6) is -0.0730. The number of amides is 1. The summed E-state index contributed by atoms with van der Waals surface area (Å²) >= 11 is 0.673. The molecule has 0 unspecified atom stereocenters. The van der Waals surface area contributed by atoms with Crippen molar-refractivity contribution >= 4 is 44.5 Å². The van der Waals surface area contributed by atoms with Crippen LogP contribution in [-0.2, 0) is 24.3 Å². The second kappa shape index (κ2) is 7.56. The normalized spacial score (nSPS) is 11.6. The van der Waals surface area contributed by atoms with Gasteiger partial charge in [0.25, 0.3) is 10.1 Å². The van der Waals surface area contributed by atoms with E-state index in [1.165, 1.54) is 26.2 Å². The molecule has 3 N–H and O–H groups in total. The second-order valence-electron chi connectivity index (χ2n) is 4.98. The van der Waals surface area contributed by atoms with Gasteiger partial charge in [-0.05, 0) is 30.5 Å². The number of benzene rings is 2. The number of carbonyl (C=O) groups is 1. The third-order valence-corrected chi connectivity index (χ3v) is 4.90. The van der Waals surface area contributed by atoms with Crippen molar-refractivity contribution in [3.05, 3.63) is 23.8 Å². The molecule has 0 spiro atoms. The Labute approximate surface area is 147 Å². The molecule has 136 valence electrons. The molecule has 2 aromatic carbocycles. The van der Waals surface area contributed by atoms with E-state index in [0.717, 1.165) is 6.07 Å². The summed E-state index contributed by atoms with van der Waals surface area (Å²) in [5.41, 5.74) is 0.761. The monoisotopic (exact) mass is 389 g/mol. The lowest BCUT2D eigenvalue weighted by Crippen LogP contribution is -2.09. The Hall–Kier alpha value is -1.89. The highest BCUT2D eigenvalue weighted by Gasteiger charge is 2.20. The first-order valence-corrected chi connectivity index (χ1v) is 8.92. The van der Waals surface area contributed by atoms with Gasteiger partial charge in [-0.15, -0.1) is 4.33 Å². The highest BCUT2D eigenvalue weighted by molar-refractivity contribution is 7.94. The first-order valence-electron chi connectivity index (χ1n) is 6.74. The van der Waals surface area contributed by atoms with Gasteiger partial charge < -0.3 is 10.1 Å². The molecule has 2 aromatic rings. The van der Waals surface area contributed by atoms with Gasteiger partial charge in [0.2, 0.25) is 5.91 Å². The summed E-state index contributed by atoms with van der Waals surface area (Å²) < 4.78 is 42.2. The van der Waals surface area contributed by atoms with Crippen LogP contribution in [0, 0.1) is 6.92 Å². The van der Waals surface area contributed by atoms with Crippen LogP contribution in [0.5, 0.6) is 5.75 Å². The second-order valence-corrected chi connectivity index (χ2v) is 7.15. The molecule has 0 fully saturated rings. The topological polar surface area (TPSA) is 131 Å². The SMILES string of the molecule is COc1c(C)c(SOOO)cc2cc(S(=O)(=O)O)cc(NC(C)=O)c12. The molecule has 0 aliphatic rings. The predicted octanol–water partition coefficient (Wildman–Crippen LogP) is 2.79. The van der Waals surface area contributed by atoms with Crippen LogP contribution in [0.4, 0.5) is 5.69 Å². The van der Waals surface area contributed by atoms with Crippen molar-refractivity contribution in [3.63, 3.8) is 0 Å². The molecule has 0 aromatic heterocycles. The van der Waals surface area contributed by atoms with E-state index in [9.17, 15) is 17.8 Å². The number of fused-ring (bicyclic) bond motifs is 1. The number of hydrogen-bond donors (Lipinski definition) is 3. The Bertz CT molecular complexity index is 926. The Balaban J connectivity index is 2.87. The van der Waals surface area contributed by atoms with Gasteiger partial charge in [0, 0.05) is 22.8 Å². The molecule has 0 saturated heterocycles.